The van der Waals surface area contributed by atoms with E-state index >= 15 is 0 Å². The predicted octanol–water partition coefficient (Wildman–Crippen LogP) is 3.55. The molecule has 0 amide bonds. The first-order valence-corrected chi connectivity index (χ1v) is 8.63. The lowest BCUT2D eigenvalue weighted by Crippen LogP contribution is -2.47. The van der Waals surface area contributed by atoms with Crippen LogP contribution in [0.5, 0.6) is 0 Å². The van der Waals surface area contributed by atoms with Crippen molar-refractivity contribution in [3.05, 3.63) is 35.9 Å². The van der Waals surface area contributed by atoms with Crippen molar-refractivity contribution in [2.24, 2.45) is 0 Å². The highest BCUT2D eigenvalue weighted by Crippen LogP contribution is 2.33. The van der Waals surface area contributed by atoms with Gasteiger partial charge >= 0.3 is 0 Å². The van der Waals surface area contributed by atoms with E-state index in [1.807, 2.05) is 0 Å². The Morgan fingerprint density at radius 3 is 2.55 bits per heavy atom. The van der Waals surface area contributed by atoms with Crippen LogP contribution < -0.4 is 5.32 Å². The summed E-state index contributed by atoms with van der Waals surface area (Å²) in [6, 6.07) is 12.0. The van der Waals surface area contributed by atoms with Gasteiger partial charge in [-0.1, -0.05) is 44.2 Å². The Bertz CT molecular complexity index is 403. The minimum atomic E-state index is 0.364. The van der Waals surface area contributed by atoms with E-state index in [1.165, 1.54) is 17.9 Å². The molecule has 2 rings (SSSR count). The van der Waals surface area contributed by atoms with Crippen LogP contribution in [0, 0.1) is 0 Å². The summed E-state index contributed by atoms with van der Waals surface area (Å²) in [4.78, 5) is 2.65. The smallest absolute Gasteiger partial charge is 0.0473 e. The number of benzene rings is 1. The van der Waals surface area contributed by atoms with Crippen LogP contribution in [0.25, 0.3) is 0 Å². The molecule has 0 bridgehead atoms. The maximum Gasteiger partial charge on any atom is 0.0473 e. The van der Waals surface area contributed by atoms with E-state index in [4.69, 9.17) is 0 Å². The van der Waals surface area contributed by atoms with E-state index in [0.29, 0.717) is 16.8 Å². The molecular formula is C17H28N2S. The fourth-order valence-corrected chi connectivity index (χ4v) is 3.93. The van der Waals surface area contributed by atoms with Crippen molar-refractivity contribution in [2.45, 2.75) is 44.5 Å². The standard InChI is InChI=1S/C17H28N2S/c1-14(2)18-12-16(15-8-6-5-7-9-15)19-10-11-20-17(3,4)13-19/h5-9,14,16,18H,10-13H2,1-4H3. The monoisotopic (exact) mass is 292 g/mol. The van der Waals surface area contributed by atoms with Crippen LogP contribution in [0.2, 0.25) is 0 Å². The molecule has 20 heavy (non-hydrogen) atoms. The molecule has 0 spiro atoms. The number of hydrogen-bond donors (Lipinski definition) is 1. The third-order valence-electron chi connectivity index (χ3n) is 3.80. The summed E-state index contributed by atoms with van der Waals surface area (Å²) in [6.07, 6.45) is 0. The SMILES string of the molecule is CC(C)NCC(c1ccccc1)N1CCSC(C)(C)C1. The van der Waals surface area contributed by atoms with Crippen LogP contribution in [0.1, 0.15) is 39.3 Å². The summed E-state index contributed by atoms with van der Waals surface area (Å²) in [5, 5.41) is 3.62. The molecule has 2 nitrogen and oxygen atoms in total. The highest BCUT2D eigenvalue weighted by atomic mass is 32.2. The lowest BCUT2D eigenvalue weighted by molar-refractivity contribution is 0.181. The minimum Gasteiger partial charge on any atom is -0.313 e. The molecular weight excluding hydrogens is 264 g/mol. The third-order valence-corrected chi connectivity index (χ3v) is 5.10. The summed E-state index contributed by atoms with van der Waals surface area (Å²) in [7, 11) is 0. The Balaban J connectivity index is 2.13. The lowest BCUT2D eigenvalue weighted by atomic mass is 10.0. The largest absolute Gasteiger partial charge is 0.313 e. The van der Waals surface area contributed by atoms with Gasteiger partial charge in [-0.15, -0.1) is 0 Å². The molecule has 1 aliphatic heterocycles. The molecule has 0 aromatic heterocycles. The van der Waals surface area contributed by atoms with Crippen LogP contribution in [0.3, 0.4) is 0 Å². The van der Waals surface area contributed by atoms with Gasteiger partial charge in [-0.05, 0) is 19.4 Å². The van der Waals surface area contributed by atoms with Gasteiger partial charge in [0.2, 0.25) is 0 Å². The highest BCUT2D eigenvalue weighted by Gasteiger charge is 2.31. The van der Waals surface area contributed by atoms with Gasteiger partial charge in [0.25, 0.3) is 0 Å². The van der Waals surface area contributed by atoms with E-state index in [-0.39, 0.29) is 0 Å². The number of rotatable bonds is 5. The molecule has 1 N–H and O–H groups in total. The Morgan fingerprint density at radius 1 is 1.25 bits per heavy atom. The van der Waals surface area contributed by atoms with E-state index in [2.05, 4.69) is 80.0 Å². The van der Waals surface area contributed by atoms with Crippen LogP contribution in [-0.4, -0.2) is 41.1 Å². The Morgan fingerprint density at radius 2 is 1.95 bits per heavy atom. The van der Waals surface area contributed by atoms with Gasteiger partial charge in [0.1, 0.15) is 0 Å². The molecule has 1 aromatic rings. The van der Waals surface area contributed by atoms with E-state index in [1.54, 1.807) is 0 Å². The van der Waals surface area contributed by atoms with Gasteiger partial charge in [0, 0.05) is 42.2 Å². The number of nitrogens with one attached hydrogen (secondary N) is 1. The summed E-state index contributed by atoms with van der Waals surface area (Å²) in [5.41, 5.74) is 1.43. The molecule has 3 heteroatoms. The molecule has 1 aromatic carbocycles. The minimum absolute atomic E-state index is 0.364. The maximum absolute atomic E-state index is 3.62. The van der Waals surface area contributed by atoms with E-state index in [9.17, 15) is 0 Å². The van der Waals surface area contributed by atoms with Crippen molar-refractivity contribution in [1.82, 2.24) is 10.2 Å². The second-order valence-corrected chi connectivity index (χ2v) is 8.37. The molecule has 1 atom stereocenters. The molecule has 1 saturated heterocycles. The van der Waals surface area contributed by atoms with Gasteiger partial charge in [-0.25, -0.2) is 0 Å². The lowest BCUT2D eigenvalue weighted by Gasteiger charge is -2.42. The summed E-state index contributed by atoms with van der Waals surface area (Å²) < 4.78 is 0.364. The van der Waals surface area contributed by atoms with Gasteiger partial charge in [0.15, 0.2) is 0 Å². The Kier molecular flexibility index (Phi) is 5.53. The van der Waals surface area contributed by atoms with Crippen molar-refractivity contribution in [1.29, 1.82) is 0 Å². The fourth-order valence-electron chi connectivity index (χ4n) is 2.80. The van der Waals surface area contributed by atoms with Crippen LogP contribution >= 0.6 is 11.8 Å². The second-order valence-electron chi connectivity index (χ2n) is 6.57. The van der Waals surface area contributed by atoms with Crippen molar-refractivity contribution < 1.29 is 0 Å². The summed E-state index contributed by atoms with van der Waals surface area (Å²) in [6.45, 7) is 12.5. The highest BCUT2D eigenvalue weighted by molar-refractivity contribution is 8.00. The summed E-state index contributed by atoms with van der Waals surface area (Å²) in [5.74, 6) is 1.23. The Labute approximate surface area is 128 Å². The van der Waals surface area contributed by atoms with Crippen molar-refractivity contribution in [3.63, 3.8) is 0 Å². The van der Waals surface area contributed by atoms with Gasteiger partial charge in [-0.3, -0.25) is 4.90 Å². The van der Waals surface area contributed by atoms with E-state index < -0.39 is 0 Å². The number of thioether (sulfide) groups is 1. The molecule has 112 valence electrons. The molecule has 0 saturated carbocycles. The normalized spacial score (nSPS) is 21.1. The van der Waals surface area contributed by atoms with Gasteiger partial charge in [0.05, 0.1) is 0 Å². The predicted molar refractivity (Wildman–Crippen MR) is 90.4 cm³/mol. The Hall–Kier alpha value is -0.510. The molecule has 1 fully saturated rings. The van der Waals surface area contributed by atoms with Crippen LogP contribution in [0.4, 0.5) is 0 Å². The van der Waals surface area contributed by atoms with Crippen molar-refractivity contribution in [3.8, 4) is 0 Å². The fraction of sp³-hybridized carbons (Fsp3) is 0.647. The quantitative estimate of drug-likeness (QED) is 0.893. The van der Waals surface area contributed by atoms with Crippen molar-refractivity contribution in [2.75, 3.05) is 25.4 Å². The second kappa shape index (κ2) is 6.97. The average molecular weight is 292 g/mol. The van der Waals surface area contributed by atoms with E-state index in [0.717, 1.165) is 13.1 Å². The summed E-state index contributed by atoms with van der Waals surface area (Å²) >= 11 is 2.10. The first-order chi connectivity index (χ1) is 9.48. The zero-order valence-electron chi connectivity index (χ0n) is 13.2. The van der Waals surface area contributed by atoms with Gasteiger partial charge in [-0.2, -0.15) is 11.8 Å². The molecule has 0 aliphatic carbocycles. The van der Waals surface area contributed by atoms with Crippen LogP contribution in [0.15, 0.2) is 30.3 Å². The molecule has 1 aliphatic rings. The van der Waals surface area contributed by atoms with Gasteiger partial charge < -0.3 is 5.32 Å². The van der Waals surface area contributed by atoms with Crippen LogP contribution in [-0.2, 0) is 0 Å². The zero-order chi connectivity index (χ0) is 14.6. The zero-order valence-corrected chi connectivity index (χ0v) is 14.0. The van der Waals surface area contributed by atoms with Crippen molar-refractivity contribution >= 4 is 11.8 Å². The maximum atomic E-state index is 3.62. The number of nitrogens with zero attached hydrogens (tertiary/aromatic N) is 1. The first kappa shape index (κ1) is 15.9. The third kappa shape index (κ3) is 4.51. The average Bonchev–Trinajstić information content (AvgIpc) is 2.39. The molecule has 0 radical (unpaired) electrons. The number of hydrogen-bond acceptors (Lipinski definition) is 3. The molecule has 1 unspecified atom stereocenters. The topological polar surface area (TPSA) is 15.3 Å². The first-order valence-electron chi connectivity index (χ1n) is 7.64. The molecule has 1 heterocycles.